The Morgan fingerprint density at radius 2 is 2.00 bits per heavy atom. The van der Waals surface area contributed by atoms with Crippen molar-refractivity contribution in [2.75, 3.05) is 6.61 Å². The Morgan fingerprint density at radius 1 is 1.57 bits per heavy atom. The van der Waals surface area contributed by atoms with E-state index >= 15 is 0 Å². The summed E-state index contributed by atoms with van der Waals surface area (Å²) in [4.78, 5) is 11.1. The van der Waals surface area contributed by atoms with Crippen LogP contribution in [0.4, 0.5) is 4.39 Å². The number of hydrogen-bond donors (Lipinski definition) is 1. The fourth-order valence-electron chi connectivity index (χ4n) is 0.883. The normalized spacial score (nSPS) is 18.5. The fraction of sp³-hybridized carbons (Fsp3) is 0.889. The molecule has 0 aliphatic carbocycles. The number of aliphatic hydroxyl groups excluding tert-OH is 1. The van der Waals surface area contributed by atoms with E-state index in [1.807, 2.05) is 0 Å². The van der Waals surface area contributed by atoms with Gasteiger partial charge >= 0.3 is 5.97 Å². The summed E-state index contributed by atoms with van der Waals surface area (Å²) in [5.74, 6) is -1.09. The molecule has 0 saturated carbocycles. The highest BCUT2D eigenvalue weighted by molar-refractivity contribution is 9.10. The predicted octanol–water partition coefficient (Wildman–Crippen LogP) is 2.02. The molecule has 0 fully saturated rings. The Balaban J connectivity index is 4.69. The second-order valence-electron chi connectivity index (χ2n) is 4.11. The van der Waals surface area contributed by atoms with Gasteiger partial charge in [0, 0.05) is 0 Å². The molecular formula is C9H16BrFO3. The lowest BCUT2D eigenvalue weighted by atomic mass is 9.86. The third-order valence-corrected chi connectivity index (χ3v) is 2.47. The first-order valence-corrected chi connectivity index (χ1v) is 5.16. The quantitative estimate of drug-likeness (QED) is 0.631. The third kappa shape index (κ3) is 3.20. The van der Waals surface area contributed by atoms with Gasteiger partial charge in [-0.05, 0) is 28.3 Å². The van der Waals surface area contributed by atoms with Gasteiger partial charge in [-0.25, -0.2) is 9.18 Å². The Kier molecular flexibility index (Phi) is 4.52. The molecule has 5 heteroatoms. The number of hydrogen-bond acceptors (Lipinski definition) is 3. The fourth-order valence-corrected chi connectivity index (χ4v) is 1.68. The molecule has 0 radical (unpaired) electrons. The zero-order valence-corrected chi connectivity index (χ0v) is 10.4. The smallest absolute Gasteiger partial charge is 0.357 e. The summed E-state index contributed by atoms with van der Waals surface area (Å²) >= 11 is 2.56. The first-order valence-electron chi connectivity index (χ1n) is 4.37. The lowest BCUT2D eigenvalue weighted by Crippen LogP contribution is -2.48. The molecule has 0 unspecified atom stereocenters. The van der Waals surface area contributed by atoms with Crippen LogP contribution in [-0.2, 0) is 9.53 Å². The molecule has 3 nitrogen and oxygen atoms in total. The zero-order valence-electron chi connectivity index (χ0n) is 8.80. The lowest BCUT2D eigenvalue weighted by Gasteiger charge is -2.32. The van der Waals surface area contributed by atoms with Gasteiger partial charge in [0.1, 0.15) is 6.10 Å². The number of ether oxygens (including phenoxy) is 1. The van der Waals surface area contributed by atoms with E-state index in [1.54, 1.807) is 27.7 Å². The summed E-state index contributed by atoms with van der Waals surface area (Å²) in [5, 5.41) is 9.59. The molecule has 0 aliphatic heterocycles. The van der Waals surface area contributed by atoms with Crippen molar-refractivity contribution in [2.24, 2.45) is 5.41 Å². The standard InChI is InChI=1S/C9H16BrFO3/c1-5-14-7(13)9(10,11)6(12)8(2,3)4/h6,12H,5H2,1-4H3/t6-,9-/m1/s1. The molecule has 0 aliphatic rings. The number of aliphatic hydroxyl groups is 1. The van der Waals surface area contributed by atoms with Gasteiger partial charge in [0.25, 0.3) is 4.58 Å². The number of halogens is 2. The van der Waals surface area contributed by atoms with E-state index in [1.165, 1.54) is 0 Å². The molecule has 0 rings (SSSR count). The number of esters is 1. The summed E-state index contributed by atoms with van der Waals surface area (Å²) in [6, 6.07) is 0. The van der Waals surface area contributed by atoms with Crippen molar-refractivity contribution in [1.29, 1.82) is 0 Å². The van der Waals surface area contributed by atoms with E-state index in [0.29, 0.717) is 0 Å². The van der Waals surface area contributed by atoms with Crippen molar-refractivity contribution in [1.82, 2.24) is 0 Å². The Bertz CT molecular complexity index is 211. The van der Waals surface area contributed by atoms with Gasteiger partial charge in [0.05, 0.1) is 6.61 Å². The van der Waals surface area contributed by atoms with Crippen molar-refractivity contribution in [2.45, 2.75) is 38.4 Å². The van der Waals surface area contributed by atoms with Crippen molar-refractivity contribution < 1.29 is 19.0 Å². The van der Waals surface area contributed by atoms with Crippen molar-refractivity contribution >= 4 is 21.9 Å². The van der Waals surface area contributed by atoms with Crippen molar-refractivity contribution in [3.8, 4) is 0 Å². The van der Waals surface area contributed by atoms with Crippen molar-refractivity contribution in [3.63, 3.8) is 0 Å². The highest BCUT2D eigenvalue weighted by Gasteiger charge is 2.50. The van der Waals surface area contributed by atoms with Crippen LogP contribution in [0.3, 0.4) is 0 Å². The molecule has 0 aromatic carbocycles. The molecule has 0 spiro atoms. The monoisotopic (exact) mass is 270 g/mol. The number of rotatable bonds is 3. The highest BCUT2D eigenvalue weighted by Crippen LogP contribution is 2.36. The summed E-state index contributed by atoms with van der Waals surface area (Å²) in [5.41, 5.74) is -0.745. The van der Waals surface area contributed by atoms with Crippen LogP contribution >= 0.6 is 15.9 Å². The van der Waals surface area contributed by atoms with Crippen LogP contribution in [0, 0.1) is 5.41 Å². The van der Waals surface area contributed by atoms with Crippen molar-refractivity contribution in [3.05, 3.63) is 0 Å². The van der Waals surface area contributed by atoms with E-state index in [2.05, 4.69) is 20.7 Å². The lowest BCUT2D eigenvalue weighted by molar-refractivity contribution is -0.159. The second-order valence-corrected chi connectivity index (χ2v) is 5.27. The van der Waals surface area contributed by atoms with Gasteiger partial charge in [0.2, 0.25) is 0 Å². The summed E-state index contributed by atoms with van der Waals surface area (Å²) in [6.07, 6.45) is -1.46. The molecule has 0 amide bonds. The van der Waals surface area contributed by atoms with Gasteiger partial charge < -0.3 is 9.84 Å². The SMILES string of the molecule is CCOC(=O)[C@@](F)(Br)[C@H](O)C(C)(C)C. The number of alkyl halides is 2. The minimum absolute atomic E-state index is 0.0764. The van der Waals surface area contributed by atoms with Crippen LogP contribution < -0.4 is 0 Å². The Hall–Kier alpha value is -0.160. The summed E-state index contributed by atoms with van der Waals surface area (Å²) in [7, 11) is 0. The van der Waals surface area contributed by atoms with Gasteiger partial charge in [-0.15, -0.1) is 0 Å². The topological polar surface area (TPSA) is 46.5 Å². The van der Waals surface area contributed by atoms with Crippen LogP contribution in [0.15, 0.2) is 0 Å². The molecule has 0 aromatic rings. The zero-order chi connectivity index (χ0) is 11.6. The second kappa shape index (κ2) is 4.57. The summed E-state index contributed by atoms with van der Waals surface area (Å²) < 4.78 is 15.7. The summed E-state index contributed by atoms with van der Waals surface area (Å²) in [6.45, 7) is 6.54. The number of carbonyl (C=O) groups is 1. The van der Waals surface area contributed by atoms with Crippen LogP contribution in [0.2, 0.25) is 0 Å². The molecule has 0 aromatic heterocycles. The van der Waals surface area contributed by atoms with Gasteiger partial charge in [-0.1, -0.05) is 20.8 Å². The minimum atomic E-state index is -2.54. The Morgan fingerprint density at radius 3 is 2.29 bits per heavy atom. The maximum atomic E-state index is 13.8. The largest absolute Gasteiger partial charge is 0.463 e. The molecule has 0 saturated heterocycles. The first kappa shape index (κ1) is 13.8. The first-order chi connectivity index (χ1) is 6.14. The van der Waals surface area contributed by atoms with Crippen LogP contribution in [0.25, 0.3) is 0 Å². The van der Waals surface area contributed by atoms with Crippen LogP contribution in [0.1, 0.15) is 27.7 Å². The van der Waals surface area contributed by atoms with E-state index in [9.17, 15) is 14.3 Å². The molecule has 1 N–H and O–H groups in total. The molecular weight excluding hydrogens is 255 g/mol. The molecule has 2 atom stereocenters. The molecule has 84 valence electrons. The van der Waals surface area contributed by atoms with E-state index < -0.39 is 22.1 Å². The average molecular weight is 271 g/mol. The van der Waals surface area contributed by atoms with Crippen LogP contribution in [0.5, 0.6) is 0 Å². The number of carbonyl (C=O) groups excluding carboxylic acids is 1. The third-order valence-electron chi connectivity index (χ3n) is 1.71. The van der Waals surface area contributed by atoms with Gasteiger partial charge in [-0.3, -0.25) is 0 Å². The van der Waals surface area contributed by atoms with E-state index in [-0.39, 0.29) is 6.61 Å². The molecule has 0 bridgehead atoms. The maximum absolute atomic E-state index is 13.8. The highest BCUT2D eigenvalue weighted by atomic mass is 79.9. The Labute approximate surface area is 91.8 Å². The average Bonchev–Trinajstić information content (AvgIpc) is 2.01. The van der Waals surface area contributed by atoms with Crippen LogP contribution in [-0.4, -0.2) is 28.4 Å². The van der Waals surface area contributed by atoms with E-state index in [4.69, 9.17) is 0 Å². The maximum Gasteiger partial charge on any atom is 0.357 e. The van der Waals surface area contributed by atoms with E-state index in [0.717, 1.165) is 0 Å². The molecule has 14 heavy (non-hydrogen) atoms. The molecule has 0 heterocycles. The van der Waals surface area contributed by atoms with Gasteiger partial charge in [-0.2, -0.15) is 0 Å². The minimum Gasteiger partial charge on any atom is -0.463 e. The van der Waals surface area contributed by atoms with Gasteiger partial charge in [0.15, 0.2) is 0 Å². The predicted molar refractivity (Wildman–Crippen MR) is 54.9 cm³/mol.